The van der Waals surface area contributed by atoms with Crippen molar-refractivity contribution in [1.29, 1.82) is 0 Å². The monoisotopic (exact) mass is 416 g/mol. The van der Waals surface area contributed by atoms with Gasteiger partial charge in [0.1, 0.15) is 8.07 Å². The smallest absolute Gasteiger partial charge is 0.126 e. The normalized spacial score (nSPS) is 11.8. The van der Waals surface area contributed by atoms with E-state index in [1.165, 1.54) is 61.2 Å². The van der Waals surface area contributed by atoms with Gasteiger partial charge in [0.25, 0.3) is 0 Å². The summed E-state index contributed by atoms with van der Waals surface area (Å²) < 4.78 is 0. The summed E-state index contributed by atoms with van der Waals surface area (Å²) in [6, 6.07) is 32.9. The fourth-order valence-corrected chi connectivity index (χ4v) is 7.18. The molecular formula is C30H28Si. The van der Waals surface area contributed by atoms with E-state index in [4.69, 9.17) is 0 Å². The van der Waals surface area contributed by atoms with E-state index in [-0.39, 0.29) is 0 Å². The van der Waals surface area contributed by atoms with E-state index in [9.17, 15) is 0 Å². The lowest BCUT2D eigenvalue weighted by atomic mass is 9.97. The first kappa shape index (κ1) is 19.9. The maximum absolute atomic E-state index is 3.73. The molecule has 5 rings (SSSR count). The fourth-order valence-electron chi connectivity index (χ4n) is 4.74. The van der Waals surface area contributed by atoms with Crippen LogP contribution in [-0.2, 0) is 0 Å². The zero-order chi connectivity index (χ0) is 21.4. The van der Waals surface area contributed by atoms with Gasteiger partial charge in [-0.05, 0) is 110 Å². The van der Waals surface area contributed by atoms with Gasteiger partial charge >= 0.3 is 0 Å². The quantitative estimate of drug-likeness (QED) is 0.157. The minimum absolute atomic E-state index is 1.14. The molecule has 0 aromatic heterocycles. The number of rotatable bonds is 3. The van der Waals surface area contributed by atoms with E-state index in [1.54, 1.807) is 0 Å². The van der Waals surface area contributed by atoms with Crippen LogP contribution < -0.4 is 0 Å². The largest absolute Gasteiger partial charge is 0.138 e. The third-order valence-corrected chi connectivity index (χ3v) is 11.8. The standard InChI is InChI=1S/C30H28Si/c1-4-31(5-2,6-3)14-13-22-11-12-25-18-29-20-27-16-23-9-7-8-10-24(23)17-28(27)21-30(29)19-26(25)15-22/h7-12,15-21H,4-6H2,1-3H3. The molecule has 0 nitrogen and oxygen atoms in total. The molecule has 0 N–H and O–H groups in total. The minimum atomic E-state index is -1.43. The Morgan fingerprint density at radius 1 is 0.516 bits per heavy atom. The Morgan fingerprint density at radius 2 is 0.935 bits per heavy atom. The van der Waals surface area contributed by atoms with Crippen molar-refractivity contribution >= 4 is 51.2 Å². The average Bonchev–Trinajstić information content (AvgIpc) is 2.81. The molecule has 5 aromatic carbocycles. The van der Waals surface area contributed by atoms with Gasteiger partial charge in [-0.2, -0.15) is 0 Å². The zero-order valence-electron chi connectivity index (χ0n) is 18.6. The van der Waals surface area contributed by atoms with Gasteiger partial charge in [0.05, 0.1) is 0 Å². The molecular weight excluding hydrogens is 388 g/mol. The molecule has 0 heterocycles. The molecule has 0 aliphatic heterocycles. The van der Waals surface area contributed by atoms with Crippen LogP contribution in [0.25, 0.3) is 43.1 Å². The molecule has 0 aliphatic rings. The van der Waals surface area contributed by atoms with E-state index in [2.05, 4.69) is 111 Å². The van der Waals surface area contributed by atoms with Gasteiger partial charge in [-0.25, -0.2) is 0 Å². The van der Waals surface area contributed by atoms with Crippen LogP contribution in [0.1, 0.15) is 26.3 Å². The minimum Gasteiger partial charge on any atom is -0.126 e. The predicted molar refractivity (Wildman–Crippen MR) is 141 cm³/mol. The van der Waals surface area contributed by atoms with Crippen molar-refractivity contribution in [2.75, 3.05) is 0 Å². The highest BCUT2D eigenvalue weighted by Gasteiger charge is 2.24. The lowest BCUT2D eigenvalue weighted by Crippen LogP contribution is -2.29. The van der Waals surface area contributed by atoms with Crippen LogP contribution in [0.15, 0.2) is 78.9 Å². The summed E-state index contributed by atoms with van der Waals surface area (Å²) in [4.78, 5) is 0. The van der Waals surface area contributed by atoms with Crippen LogP contribution in [0.2, 0.25) is 18.1 Å². The van der Waals surface area contributed by atoms with Crippen LogP contribution in [-0.4, -0.2) is 8.07 Å². The Labute approximate surface area is 185 Å². The second-order valence-corrected chi connectivity index (χ2v) is 13.7. The Kier molecular flexibility index (Phi) is 5.04. The summed E-state index contributed by atoms with van der Waals surface area (Å²) in [5.41, 5.74) is 4.87. The highest BCUT2D eigenvalue weighted by atomic mass is 28.3. The van der Waals surface area contributed by atoms with Crippen molar-refractivity contribution in [2.45, 2.75) is 38.9 Å². The van der Waals surface area contributed by atoms with Gasteiger partial charge in [0.2, 0.25) is 0 Å². The lowest BCUT2D eigenvalue weighted by Gasteiger charge is -2.20. The first-order valence-electron chi connectivity index (χ1n) is 11.5. The van der Waals surface area contributed by atoms with Gasteiger partial charge in [-0.3, -0.25) is 0 Å². The third kappa shape index (κ3) is 3.62. The first-order valence-corrected chi connectivity index (χ1v) is 14.1. The topological polar surface area (TPSA) is 0 Å². The molecule has 5 aromatic rings. The molecule has 0 aliphatic carbocycles. The summed E-state index contributed by atoms with van der Waals surface area (Å²) in [6.45, 7) is 6.94. The second-order valence-electron chi connectivity index (χ2n) is 8.75. The highest BCUT2D eigenvalue weighted by molar-refractivity contribution is 6.87. The van der Waals surface area contributed by atoms with E-state index in [0.29, 0.717) is 0 Å². The molecule has 0 saturated heterocycles. The van der Waals surface area contributed by atoms with E-state index >= 15 is 0 Å². The molecule has 0 atom stereocenters. The Hall–Kier alpha value is -3.08. The molecule has 31 heavy (non-hydrogen) atoms. The van der Waals surface area contributed by atoms with Gasteiger partial charge < -0.3 is 0 Å². The van der Waals surface area contributed by atoms with Crippen molar-refractivity contribution in [2.24, 2.45) is 0 Å². The average molecular weight is 417 g/mol. The second kappa shape index (κ2) is 7.87. The fraction of sp³-hybridized carbons (Fsp3) is 0.200. The van der Waals surface area contributed by atoms with Crippen molar-refractivity contribution in [1.82, 2.24) is 0 Å². The SMILES string of the molecule is CC[Si](C#Cc1ccc2cc3cc4cc5ccccc5cc4cc3cc2c1)(CC)CC. The molecule has 0 radical (unpaired) electrons. The van der Waals surface area contributed by atoms with E-state index < -0.39 is 8.07 Å². The van der Waals surface area contributed by atoms with Crippen LogP contribution in [0, 0.1) is 11.5 Å². The lowest BCUT2D eigenvalue weighted by molar-refractivity contribution is 1.20. The maximum atomic E-state index is 3.73. The summed E-state index contributed by atoms with van der Waals surface area (Å²) in [5.74, 6) is 3.54. The number of benzene rings is 5. The number of hydrogen-bond donors (Lipinski definition) is 0. The highest BCUT2D eigenvalue weighted by Crippen LogP contribution is 2.30. The van der Waals surface area contributed by atoms with Crippen molar-refractivity contribution < 1.29 is 0 Å². The van der Waals surface area contributed by atoms with Gasteiger partial charge in [-0.1, -0.05) is 57.0 Å². The Morgan fingerprint density at radius 3 is 1.42 bits per heavy atom. The predicted octanol–water partition coefficient (Wildman–Crippen LogP) is 8.70. The van der Waals surface area contributed by atoms with E-state index in [1.807, 2.05) is 0 Å². The molecule has 0 saturated carbocycles. The Bertz CT molecular complexity index is 1490. The number of fused-ring (bicyclic) bond motifs is 4. The zero-order valence-corrected chi connectivity index (χ0v) is 19.6. The number of hydrogen-bond acceptors (Lipinski definition) is 0. The van der Waals surface area contributed by atoms with Crippen LogP contribution >= 0.6 is 0 Å². The van der Waals surface area contributed by atoms with Crippen LogP contribution in [0.3, 0.4) is 0 Å². The summed E-state index contributed by atoms with van der Waals surface area (Å²) in [5, 5.41) is 10.3. The van der Waals surface area contributed by atoms with Crippen LogP contribution in [0.5, 0.6) is 0 Å². The molecule has 0 bridgehead atoms. The van der Waals surface area contributed by atoms with E-state index in [0.717, 1.165) is 5.56 Å². The molecule has 0 spiro atoms. The summed E-state index contributed by atoms with van der Waals surface area (Å²) in [6.07, 6.45) is 0. The molecule has 0 unspecified atom stereocenters. The van der Waals surface area contributed by atoms with Crippen molar-refractivity contribution in [3.05, 3.63) is 84.4 Å². The molecule has 1 heteroatoms. The maximum Gasteiger partial charge on any atom is 0.138 e. The molecule has 0 amide bonds. The summed E-state index contributed by atoms with van der Waals surface area (Å²) in [7, 11) is -1.43. The van der Waals surface area contributed by atoms with Crippen molar-refractivity contribution in [3.63, 3.8) is 0 Å². The van der Waals surface area contributed by atoms with Gasteiger partial charge in [0.15, 0.2) is 0 Å². The first-order chi connectivity index (χ1) is 15.1. The molecule has 152 valence electrons. The Balaban J connectivity index is 1.64. The van der Waals surface area contributed by atoms with Crippen LogP contribution in [0.4, 0.5) is 0 Å². The van der Waals surface area contributed by atoms with Gasteiger partial charge in [0, 0.05) is 5.56 Å². The molecule has 0 fully saturated rings. The van der Waals surface area contributed by atoms with Gasteiger partial charge in [-0.15, -0.1) is 5.54 Å². The third-order valence-electron chi connectivity index (χ3n) is 7.12. The summed E-state index contributed by atoms with van der Waals surface area (Å²) >= 11 is 0. The van der Waals surface area contributed by atoms with Crippen molar-refractivity contribution in [3.8, 4) is 11.5 Å².